The van der Waals surface area contributed by atoms with Crippen LogP contribution in [0.1, 0.15) is 30.5 Å². The standard InChI is InChI=1S/C28H26FNO3/c1-5-32-27-19(4)28-24(25(16-33-28)20-8-6-17(2)7-9-20)15-23(27)18(3)14-26(31)30-22-12-10-21(29)11-13-22/h6-16H,5H2,1-4H3,(H,30,31)/b18-14+. The normalized spacial score (nSPS) is 11.6. The molecule has 0 aliphatic rings. The average molecular weight is 444 g/mol. The minimum Gasteiger partial charge on any atom is -0.493 e. The molecule has 5 heteroatoms. The highest BCUT2D eigenvalue weighted by Crippen LogP contribution is 2.40. The quantitative estimate of drug-likeness (QED) is 0.318. The van der Waals surface area contributed by atoms with Crippen molar-refractivity contribution in [3.05, 3.63) is 89.4 Å². The number of amides is 1. The number of hydrogen-bond donors (Lipinski definition) is 1. The summed E-state index contributed by atoms with van der Waals surface area (Å²) in [5.74, 6) is 0.0396. The van der Waals surface area contributed by atoms with Crippen molar-refractivity contribution in [1.82, 2.24) is 0 Å². The number of carbonyl (C=O) groups is 1. The number of fused-ring (bicyclic) bond motifs is 1. The fourth-order valence-electron chi connectivity index (χ4n) is 3.88. The van der Waals surface area contributed by atoms with Crippen molar-refractivity contribution in [3.63, 3.8) is 0 Å². The molecule has 0 unspecified atom stereocenters. The number of ether oxygens (including phenoxy) is 1. The predicted molar refractivity (Wildman–Crippen MR) is 131 cm³/mol. The smallest absolute Gasteiger partial charge is 0.248 e. The molecule has 0 radical (unpaired) electrons. The van der Waals surface area contributed by atoms with Gasteiger partial charge in [-0.05, 0) is 69.2 Å². The summed E-state index contributed by atoms with van der Waals surface area (Å²) in [5, 5.41) is 3.73. The molecule has 1 aromatic heterocycles. The summed E-state index contributed by atoms with van der Waals surface area (Å²) in [6.45, 7) is 8.30. The van der Waals surface area contributed by atoms with Gasteiger partial charge in [-0.15, -0.1) is 0 Å². The summed E-state index contributed by atoms with van der Waals surface area (Å²) >= 11 is 0. The second kappa shape index (κ2) is 9.33. The lowest BCUT2D eigenvalue weighted by Crippen LogP contribution is -2.09. The SMILES string of the molecule is CCOc1c(/C(C)=C/C(=O)Nc2ccc(F)cc2)cc2c(-c3ccc(C)cc3)coc2c1C. The van der Waals surface area contributed by atoms with E-state index in [9.17, 15) is 9.18 Å². The van der Waals surface area contributed by atoms with Gasteiger partial charge < -0.3 is 14.5 Å². The Morgan fingerprint density at radius 3 is 2.45 bits per heavy atom. The van der Waals surface area contributed by atoms with Crippen molar-refractivity contribution in [2.45, 2.75) is 27.7 Å². The van der Waals surface area contributed by atoms with E-state index in [1.165, 1.54) is 35.9 Å². The Morgan fingerprint density at radius 1 is 1.09 bits per heavy atom. The first-order chi connectivity index (χ1) is 15.9. The minimum atomic E-state index is -0.352. The minimum absolute atomic E-state index is 0.301. The summed E-state index contributed by atoms with van der Waals surface area (Å²) in [7, 11) is 0. The van der Waals surface area contributed by atoms with Crippen LogP contribution < -0.4 is 10.1 Å². The van der Waals surface area contributed by atoms with Crippen molar-refractivity contribution in [3.8, 4) is 16.9 Å². The van der Waals surface area contributed by atoms with E-state index < -0.39 is 0 Å². The Bertz CT molecular complexity index is 1330. The lowest BCUT2D eigenvalue weighted by atomic mass is 9.96. The number of rotatable bonds is 6. The number of benzene rings is 3. The molecule has 4 rings (SSSR count). The summed E-state index contributed by atoms with van der Waals surface area (Å²) in [6, 6.07) is 16.0. The van der Waals surface area contributed by atoms with Gasteiger partial charge in [0.1, 0.15) is 17.1 Å². The summed E-state index contributed by atoms with van der Waals surface area (Å²) in [5.41, 5.74) is 6.98. The molecule has 0 atom stereocenters. The van der Waals surface area contributed by atoms with Crippen molar-refractivity contribution in [1.29, 1.82) is 0 Å². The third kappa shape index (κ3) is 4.67. The third-order valence-electron chi connectivity index (χ3n) is 5.58. The summed E-state index contributed by atoms with van der Waals surface area (Å²) in [4.78, 5) is 12.6. The molecule has 0 aliphatic heterocycles. The van der Waals surface area contributed by atoms with Crippen LogP contribution in [-0.4, -0.2) is 12.5 Å². The van der Waals surface area contributed by atoms with Crippen LogP contribution in [0.15, 0.2) is 71.4 Å². The molecular formula is C28H26FNO3. The molecule has 0 saturated heterocycles. The van der Waals surface area contributed by atoms with Gasteiger partial charge in [-0.3, -0.25) is 4.79 Å². The first kappa shape index (κ1) is 22.3. The molecule has 3 aromatic carbocycles. The van der Waals surface area contributed by atoms with E-state index in [-0.39, 0.29) is 11.7 Å². The number of halogens is 1. The monoisotopic (exact) mass is 443 g/mol. The zero-order chi connectivity index (χ0) is 23.5. The van der Waals surface area contributed by atoms with E-state index in [2.05, 4.69) is 36.5 Å². The van der Waals surface area contributed by atoms with Crippen molar-refractivity contribution < 1.29 is 18.3 Å². The largest absolute Gasteiger partial charge is 0.493 e. The fraction of sp³-hybridized carbons (Fsp3) is 0.179. The maximum Gasteiger partial charge on any atom is 0.248 e. The highest BCUT2D eigenvalue weighted by molar-refractivity contribution is 6.06. The highest BCUT2D eigenvalue weighted by Gasteiger charge is 2.19. The number of anilines is 1. The molecule has 0 spiro atoms. The lowest BCUT2D eigenvalue weighted by molar-refractivity contribution is -0.111. The van der Waals surface area contributed by atoms with Gasteiger partial charge in [-0.1, -0.05) is 29.8 Å². The van der Waals surface area contributed by atoms with Gasteiger partial charge in [0.15, 0.2) is 0 Å². The van der Waals surface area contributed by atoms with Crippen LogP contribution in [0.4, 0.5) is 10.1 Å². The Morgan fingerprint density at radius 2 is 1.79 bits per heavy atom. The van der Waals surface area contributed by atoms with Gasteiger partial charge in [0, 0.05) is 33.8 Å². The van der Waals surface area contributed by atoms with Gasteiger partial charge in [0.05, 0.1) is 12.9 Å². The topological polar surface area (TPSA) is 51.5 Å². The number of furan rings is 1. The number of allylic oxidation sites excluding steroid dienone is 1. The van der Waals surface area contributed by atoms with Gasteiger partial charge in [-0.2, -0.15) is 0 Å². The number of hydrogen-bond acceptors (Lipinski definition) is 3. The molecule has 1 N–H and O–H groups in total. The highest BCUT2D eigenvalue weighted by atomic mass is 19.1. The van der Waals surface area contributed by atoms with E-state index in [0.29, 0.717) is 18.0 Å². The van der Waals surface area contributed by atoms with Gasteiger partial charge in [-0.25, -0.2) is 4.39 Å². The summed E-state index contributed by atoms with van der Waals surface area (Å²) in [6.07, 6.45) is 3.29. The van der Waals surface area contributed by atoms with E-state index in [4.69, 9.17) is 9.15 Å². The van der Waals surface area contributed by atoms with Crippen LogP contribution >= 0.6 is 0 Å². The predicted octanol–water partition coefficient (Wildman–Crippen LogP) is 7.30. The number of aryl methyl sites for hydroxylation is 2. The van der Waals surface area contributed by atoms with Crippen LogP contribution in [-0.2, 0) is 4.79 Å². The molecule has 4 aromatic rings. The molecular weight excluding hydrogens is 417 g/mol. The molecule has 33 heavy (non-hydrogen) atoms. The van der Waals surface area contributed by atoms with Crippen molar-refractivity contribution in [2.24, 2.45) is 0 Å². The van der Waals surface area contributed by atoms with E-state index in [0.717, 1.165) is 38.8 Å². The molecule has 1 heterocycles. The molecule has 0 saturated carbocycles. The first-order valence-corrected chi connectivity index (χ1v) is 10.9. The second-order valence-electron chi connectivity index (χ2n) is 8.03. The molecule has 168 valence electrons. The van der Waals surface area contributed by atoms with E-state index in [1.54, 1.807) is 6.26 Å². The Labute approximate surface area is 192 Å². The lowest BCUT2D eigenvalue weighted by Gasteiger charge is -2.15. The Hall–Kier alpha value is -3.86. The van der Waals surface area contributed by atoms with Gasteiger partial charge in [0.2, 0.25) is 5.91 Å². The van der Waals surface area contributed by atoms with Crippen LogP contribution in [0.3, 0.4) is 0 Å². The van der Waals surface area contributed by atoms with Crippen LogP contribution in [0.2, 0.25) is 0 Å². The fourth-order valence-corrected chi connectivity index (χ4v) is 3.88. The van der Waals surface area contributed by atoms with Crippen molar-refractivity contribution in [2.75, 3.05) is 11.9 Å². The molecule has 0 aliphatic carbocycles. The van der Waals surface area contributed by atoms with Gasteiger partial charge in [0.25, 0.3) is 0 Å². The molecule has 0 fully saturated rings. The second-order valence-corrected chi connectivity index (χ2v) is 8.03. The molecule has 1 amide bonds. The Kier molecular flexibility index (Phi) is 6.31. The van der Waals surface area contributed by atoms with Crippen LogP contribution in [0, 0.1) is 19.7 Å². The van der Waals surface area contributed by atoms with Crippen molar-refractivity contribution >= 4 is 28.1 Å². The number of nitrogens with one attached hydrogen (secondary N) is 1. The Balaban J connectivity index is 1.77. The first-order valence-electron chi connectivity index (χ1n) is 10.9. The van der Waals surface area contributed by atoms with Gasteiger partial charge >= 0.3 is 0 Å². The van der Waals surface area contributed by atoms with E-state index in [1.807, 2.05) is 26.8 Å². The third-order valence-corrected chi connectivity index (χ3v) is 5.58. The zero-order valence-electron chi connectivity index (χ0n) is 19.2. The van der Waals surface area contributed by atoms with Crippen LogP contribution in [0.5, 0.6) is 5.75 Å². The number of carbonyl (C=O) groups excluding carboxylic acids is 1. The molecule has 4 nitrogen and oxygen atoms in total. The van der Waals surface area contributed by atoms with Crippen LogP contribution in [0.25, 0.3) is 27.7 Å². The maximum atomic E-state index is 13.1. The summed E-state index contributed by atoms with van der Waals surface area (Å²) < 4.78 is 25.1. The average Bonchev–Trinajstić information content (AvgIpc) is 3.22. The maximum absolute atomic E-state index is 13.1. The molecule has 0 bridgehead atoms. The van der Waals surface area contributed by atoms with E-state index >= 15 is 0 Å². The zero-order valence-corrected chi connectivity index (χ0v) is 19.2.